The van der Waals surface area contributed by atoms with Crippen LogP contribution in [0.1, 0.15) is 64.6 Å². The Morgan fingerprint density at radius 2 is 1.66 bits per heavy atom. The number of rotatable bonds is 12. The van der Waals surface area contributed by atoms with Crippen molar-refractivity contribution in [3.05, 3.63) is 108 Å². The number of nitrogens with zero attached hydrogens (tertiary/aromatic N) is 5. The summed E-state index contributed by atoms with van der Waals surface area (Å²) >= 11 is 0. The minimum absolute atomic E-state index is 0.101. The number of hydrogen-bond donors (Lipinski definition) is 1. The van der Waals surface area contributed by atoms with Crippen molar-refractivity contribution < 1.29 is 33.7 Å². The van der Waals surface area contributed by atoms with Gasteiger partial charge in [0.2, 0.25) is 0 Å². The molecule has 1 aliphatic carbocycles. The maximum Gasteiger partial charge on any atom is 0.410 e. The molecule has 0 radical (unpaired) electrons. The van der Waals surface area contributed by atoms with Crippen LogP contribution in [0.2, 0.25) is 0 Å². The number of aliphatic hydroxyl groups is 1. The van der Waals surface area contributed by atoms with Crippen molar-refractivity contribution in [1.82, 2.24) is 24.3 Å². The fraction of sp³-hybridized carbons (Fsp3) is 0.415. The van der Waals surface area contributed by atoms with Crippen molar-refractivity contribution in [2.24, 2.45) is 0 Å². The third kappa shape index (κ3) is 8.72. The molecule has 53 heavy (non-hydrogen) atoms. The van der Waals surface area contributed by atoms with Crippen molar-refractivity contribution in [3.63, 3.8) is 0 Å². The zero-order valence-electron chi connectivity index (χ0n) is 30.7. The second-order valence-corrected chi connectivity index (χ2v) is 14.0. The maximum absolute atomic E-state index is 14.7. The third-order valence-corrected chi connectivity index (χ3v) is 10.2. The number of carbonyl (C=O) groups is 3. The number of hydrogen-bond acceptors (Lipinski definition) is 8. The molecule has 3 atom stereocenters. The number of ether oxygens (including phenoxy) is 3. The van der Waals surface area contributed by atoms with Crippen molar-refractivity contribution in [3.8, 4) is 17.0 Å². The Hall–Kier alpha value is -5.20. The molecule has 1 aromatic heterocycles. The van der Waals surface area contributed by atoms with Crippen LogP contribution in [0, 0.1) is 0 Å². The molecule has 0 spiro atoms. The van der Waals surface area contributed by atoms with Crippen LogP contribution in [0.25, 0.3) is 11.3 Å². The van der Waals surface area contributed by atoms with Gasteiger partial charge in [0.15, 0.2) is 5.69 Å². The number of methoxy groups -OCH3 is 1. The van der Waals surface area contributed by atoms with Gasteiger partial charge in [-0.2, -0.15) is 0 Å². The topological polar surface area (TPSA) is 127 Å². The van der Waals surface area contributed by atoms with E-state index in [9.17, 15) is 19.5 Å². The van der Waals surface area contributed by atoms with Crippen LogP contribution >= 0.6 is 0 Å². The average molecular weight is 724 g/mol. The molecule has 2 heterocycles. The van der Waals surface area contributed by atoms with Gasteiger partial charge in [-0.25, -0.2) is 9.78 Å². The Morgan fingerprint density at radius 1 is 0.943 bits per heavy atom. The van der Waals surface area contributed by atoms with Crippen LogP contribution < -0.4 is 4.74 Å². The molecule has 1 saturated carbocycles. The van der Waals surface area contributed by atoms with E-state index in [1.54, 1.807) is 61.6 Å². The zero-order valence-corrected chi connectivity index (χ0v) is 30.7. The van der Waals surface area contributed by atoms with Crippen LogP contribution in [0.3, 0.4) is 0 Å². The molecule has 12 nitrogen and oxygen atoms in total. The summed E-state index contributed by atoms with van der Waals surface area (Å²) in [6.45, 7) is 1.38. The summed E-state index contributed by atoms with van der Waals surface area (Å²) in [6, 6.07) is 25.4. The van der Waals surface area contributed by atoms with E-state index in [0.29, 0.717) is 29.8 Å². The van der Waals surface area contributed by atoms with Crippen LogP contribution in [-0.2, 0) is 16.1 Å². The highest BCUT2D eigenvalue weighted by Crippen LogP contribution is 2.41. The fourth-order valence-corrected chi connectivity index (χ4v) is 7.40. The lowest BCUT2D eigenvalue weighted by atomic mass is 9.80. The Bertz CT molecular complexity index is 1830. The molecule has 12 heteroatoms. The lowest BCUT2D eigenvalue weighted by Gasteiger charge is -2.41. The van der Waals surface area contributed by atoms with Gasteiger partial charge in [-0.15, -0.1) is 0 Å². The lowest BCUT2D eigenvalue weighted by molar-refractivity contribution is -0.0893. The molecule has 2 aliphatic rings. The van der Waals surface area contributed by atoms with Gasteiger partial charge in [0.05, 0.1) is 37.3 Å². The minimum atomic E-state index is -1.11. The van der Waals surface area contributed by atoms with Crippen LogP contribution in [0.5, 0.6) is 5.75 Å². The number of aromatic nitrogens is 2. The van der Waals surface area contributed by atoms with Crippen molar-refractivity contribution in [2.45, 2.75) is 56.4 Å². The average Bonchev–Trinajstić information content (AvgIpc) is 3.62. The second-order valence-electron chi connectivity index (χ2n) is 14.0. The van der Waals surface area contributed by atoms with E-state index in [4.69, 9.17) is 19.2 Å². The smallest absolute Gasteiger partial charge is 0.410 e. The first kappa shape index (κ1) is 37.6. The molecule has 0 bridgehead atoms. The van der Waals surface area contributed by atoms with E-state index in [0.717, 1.165) is 30.4 Å². The minimum Gasteiger partial charge on any atom is -0.494 e. The summed E-state index contributed by atoms with van der Waals surface area (Å²) in [6.07, 6.45) is 4.77. The molecule has 0 unspecified atom stereocenters. The molecule has 1 N–H and O–H groups in total. The van der Waals surface area contributed by atoms with E-state index in [1.165, 1.54) is 4.90 Å². The first-order chi connectivity index (χ1) is 25.7. The van der Waals surface area contributed by atoms with Gasteiger partial charge in [0.1, 0.15) is 18.0 Å². The SMILES string of the molecule is COC[C@]1(O)CCCC[C@H]1n1cnc(C(=O)N2CCN(C(=O)OCc3ccccc3)C[C@H]2CCOc2ccc(C(=O)N(C)C)cc2)c1-c1ccccc1. The molecule has 6 rings (SSSR count). The van der Waals surface area contributed by atoms with Crippen LogP contribution in [0.15, 0.2) is 91.3 Å². The van der Waals surface area contributed by atoms with Crippen molar-refractivity contribution >= 4 is 17.9 Å². The Kier molecular flexibility index (Phi) is 12.1. The van der Waals surface area contributed by atoms with Gasteiger partial charge in [-0.1, -0.05) is 73.5 Å². The first-order valence-corrected chi connectivity index (χ1v) is 18.2. The normalized spacial score (nSPS) is 20.2. The Labute approximate surface area is 310 Å². The molecule has 1 saturated heterocycles. The highest BCUT2D eigenvalue weighted by Gasteiger charge is 2.43. The fourth-order valence-electron chi connectivity index (χ4n) is 7.40. The van der Waals surface area contributed by atoms with E-state index >= 15 is 0 Å². The second kappa shape index (κ2) is 17.1. The molecule has 3 amide bonds. The Balaban J connectivity index is 1.25. The molecular formula is C41H49N5O7. The van der Waals surface area contributed by atoms with Gasteiger partial charge >= 0.3 is 6.09 Å². The van der Waals surface area contributed by atoms with Crippen LogP contribution in [-0.4, -0.2) is 113 Å². The third-order valence-electron chi connectivity index (χ3n) is 10.2. The van der Waals surface area contributed by atoms with E-state index in [1.807, 2.05) is 65.2 Å². The quantitative estimate of drug-likeness (QED) is 0.198. The summed E-state index contributed by atoms with van der Waals surface area (Å²) in [5, 5.41) is 11.8. The number of carbonyl (C=O) groups excluding carboxylic acids is 3. The van der Waals surface area contributed by atoms with E-state index in [-0.39, 0.29) is 63.0 Å². The molecule has 1 aliphatic heterocycles. The molecular weight excluding hydrogens is 674 g/mol. The van der Waals surface area contributed by atoms with Gasteiger partial charge in [-0.3, -0.25) is 9.59 Å². The van der Waals surface area contributed by atoms with Gasteiger partial charge in [0, 0.05) is 58.4 Å². The van der Waals surface area contributed by atoms with Crippen LogP contribution in [0.4, 0.5) is 4.79 Å². The summed E-state index contributed by atoms with van der Waals surface area (Å²) < 4.78 is 19.2. The number of benzene rings is 3. The highest BCUT2D eigenvalue weighted by atomic mass is 16.6. The summed E-state index contributed by atoms with van der Waals surface area (Å²) in [5.41, 5.74) is 2.08. The molecule has 280 valence electrons. The largest absolute Gasteiger partial charge is 0.494 e. The van der Waals surface area contributed by atoms with Gasteiger partial charge < -0.3 is 38.6 Å². The zero-order chi connectivity index (χ0) is 37.4. The molecule has 4 aromatic rings. The maximum atomic E-state index is 14.7. The van der Waals surface area contributed by atoms with E-state index in [2.05, 4.69) is 0 Å². The first-order valence-electron chi connectivity index (χ1n) is 18.2. The standard InChI is InChI=1S/C41H49N5O7/c1-43(2)38(47)32-17-19-34(20-18-32)52-25-21-33-26-44(40(49)53-27-30-12-6-4-7-13-30)23-24-45(33)39(48)36-37(31-14-8-5-9-15-31)46(29-42-36)35-16-10-11-22-41(35,50)28-51-3/h4-9,12-15,17-20,29,33,35,50H,10-11,16,21-28H2,1-3H3/t33-,35-,41-/m1/s1. The van der Waals surface area contributed by atoms with Gasteiger partial charge in [0.25, 0.3) is 11.8 Å². The monoisotopic (exact) mass is 723 g/mol. The van der Waals surface area contributed by atoms with Gasteiger partial charge in [-0.05, 0) is 42.7 Å². The predicted molar refractivity (Wildman–Crippen MR) is 200 cm³/mol. The molecule has 2 fully saturated rings. The molecule has 3 aromatic carbocycles. The summed E-state index contributed by atoms with van der Waals surface area (Å²) in [4.78, 5) is 50.1. The number of imidazole rings is 1. The summed E-state index contributed by atoms with van der Waals surface area (Å²) in [7, 11) is 5.00. The van der Waals surface area contributed by atoms with E-state index < -0.39 is 17.7 Å². The van der Waals surface area contributed by atoms with Crippen molar-refractivity contribution in [1.29, 1.82) is 0 Å². The Morgan fingerprint density at radius 3 is 2.36 bits per heavy atom. The summed E-state index contributed by atoms with van der Waals surface area (Å²) in [5.74, 6) is 0.230. The van der Waals surface area contributed by atoms with Crippen molar-refractivity contribution in [2.75, 3.05) is 54.1 Å². The number of piperazine rings is 1. The highest BCUT2D eigenvalue weighted by molar-refractivity contribution is 5.98. The lowest BCUT2D eigenvalue weighted by Crippen LogP contribution is -2.57. The number of amides is 3. The predicted octanol–water partition coefficient (Wildman–Crippen LogP) is 5.68.